The van der Waals surface area contributed by atoms with Crippen molar-refractivity contribution in [3.05, 3.63) is 5.89 Å². The second kappa shape index (κ2) is 5.62. The van der Waals surface area contributed by atoms with Gasteiger partial charge in [-0.25, -0.2) is 0 Å². The molecular formula is C10H19N5O2. The molecule has 0 aromatic carbocycles. The first-order valence-corrected chi connectivity index (χ1v) is 5.56. The molecule has 2 atom stereocenters. The Morgan fingerprint density at radius 3 is 2.41 bits per heavy atom. The van der Waals surface area contributed by atoms with Gasteiger partial charge in [-0.3, -0.25) is 4.79 Å². The number of anilines is 1. The zero-order chi connectivity index (χ0) is 13.0. The summed E-state index contributed by atoms with van der Waals surface area (Å²) in [5, 5.41) is 13.1. The van der Waals surface area contributed by atoms with E-state index in [2.05, 4.69) is 20.8 Å². The lowest BCUT2D eigenvalue weighted by molar-refractivity contribution is -0.122. The lowest BCUT2D eigenvalue weighted by Gasteiger charge is -2.14. The van der Waals surface area contributed by atoms with Crippen molar-refractivity contribution in [2.24, 2.45) is 5.73 Å². The Bertz CT molecular complexity index is 375. The van der Waals surface area contributed by atoms with Crippen molar-refractivity contribution in [2.75, 3.05) is 5.32 Å². The molecule has 1 rings (SSSR count). The van der Waals surface area contributed by atoms with E-state index in [1.807, 2.05) is 13.8 Å². The summed E-state index contributed by atoms with van der Waals surface area (Å²) in [6, 6.07) is -0.477. The Balaban J connectivity index is 2.55. The van der Waals surface area contributed by atoms with Crippen LogP contribution in [0.2, 0.25) is 0 Å². The number of nitrogens with two attached hydrogens (primary N) is 1. The van der Waals surface area contributed by atoms with Gasteiger partial charge in [-0.2, -0.15) is 0 Å². The molecular weight excluding hydrogens is 222 g/mol. The molecule has 96 valence electrons. The van der Waals surface area contributed by atoms with Crippen LogP contribution in [0.1, 0.15) is 39.6 Å². The molecule has 4 N–H and O–H groups in total. The number of rotatable bonds is 5. The maximum atomic E-state index is 11.6. The molecule has 0 saturated carbocycles. The molecule has 0 aliphatic rings. The number of carbonyl (C=O) groups is 1. The first kappa shape index (κ1) is 13.4. The molecule has 0 radical (unpaired) electrons. The molecule has 1 aromatic heterocycles. The molecule has 17 heavy (non-hydrogen) atoms. The number of hydrogen-bond acceptors (Lipinski definition) is 6. The summed E-state index contributed by atoms with van der Waals surface area (Å²) in [4.78, 5) is 11.6. The molecule has 0 fully saturated rings. The molecule has 1 heterocycles. The molecule has 1 amide bonds. The van der Waals surface area contributed by atoms with E-state index in [0.29, 0.717) is 5.89 Å². The van der Waals surface area contributed by atoms with E-state index in [0.717, 1.165) is 0 Å². The number of hydrogen-bond donors (Lipinski definition) is 3. The van der Waals surface area contributed by atoms with E-state index in [1.54, 1.807) is 13.8 Å². The zero-order valence-electron chi connectivity index (χ0n) is 10.5. The van der Waals surface area contributed by atoms with Crippen LogP contribution in [0.4, 0.5) is 6.01 Å². The molecule has 1 aromatic rings. The minimum atomic E-state index is -0.446. The van der Waals surface area contributed by atoms with Gasteiger partial charge in [0.25, 0.3) is 0 Å². The van der Waals surface area contributed by atoms with Gasteiger partial charge in [-0.1, -0.05) is 5.10 Å². The van der Waals surface area contributed by atoms with Crippen LogP contribution in [-0.4, -0.2) is 28.2 Å². The quantitative estimate of drug-likeness (QED) is 0.689. The van der Waals surface area contributed by atoms with Crippen LogP contribution in [0.25, 0.3) is 0 Å². The zero-order valence-corrected chi connectivity index (χ0v) is 10.5. The van der Waals surface area contributed by atoms with E-state index in [-0.39, 0.29) is 24.0 Å². The Labute approximate surface area is 100 Å². The number of amides is 1. The Morgan fingerprint density at radius 2 is 1.94 bits per heavy atom. The minimum Gasteiger partial charge on any atom is -0.406 e. The molecule has 0 aliphatic heterocycles. The van der Waals surface area contributed by atoms with Crippen LogP contribution < -0.4 is 16.4 Å². The molecule has 0 bridgehead atoms. The van der Waals surface area contributed by atoms with Crippen molar-refractivity contribution < 1.29 is 9.21 Å². The average molecular weight is 241 g/mol. The summed E-state index contributed by atoms with van der Waals surface area (Å²) < 4.78 is 5.23. The second-order valence-electron chi connectivity index (χ2n) is 4.26. The van der Waals surface area contributed by atoms with Crippen molar-refractivity contribution >= 4 is 11.9 Å². The van der Waals surface area contributed by atoms with Crippen molar-refractivity contribution in [3.8, 4) is 0 Å². The standard InChI is InChI=1S/C10H19N5O2/c1-5(2)12-8(16)7(4)13-10-15-14-9(17-10)6(3)11/h5-7H,11H2,1-4H3,(H,12,16)(H,13,15). The summed E-state index contributed by atoms with van der Waals surface area (Å²) in [7, 11) is 0. The highest BCUT2D eigenvalue weighted by molar-refractivity contribution is 5.83. The molecule has 7 heteroatoms. The van der Waals surface area contributed by atoms with Gasteiger partial charge in [0, 0.05) is 6.04 Å². The Kier molecular flexibility index (Phi) is 4.45. The molecule has 0 aliphatic carbocycles. The molecule has 0 spiro atoms. The van der Waals surface area contributed by atoms with Crippen molar-refractivity contribution in [1.82, 2.24) is 15.5 Å². The topological polar surface area (TPSA) is 106 Å². The average Bonchev–Trinajstić information content (AvgIpc) is 2.65. The highest BCUT2D eigenvalue weighted by Crippen LogP contribution is 2.11. The van der Waals surface area contributed by atoms with Gasteiger partial charge in [-0.05, 0) is 27.7 Å². The fraction of sp³-hybridized carbons (Fsp3) is 0.700. The molecule has 0 saturated heterocycles. The third-order valence-electron chi connectivity index (χ3n) is 1.99. The maximum Gasteiger partial charge on any atom is 0.316 e. The fourth-order valence-electron chi connectivity index (χ4n) is 1.14. The summed E-state index contributed by atoms with van der Waals surface area (Å²) in [6.07, 6.45) is 0. The monoisotopic (exact) mass is 241 g/mol. The first-order chi connectivity index (χ1) is 7.90. The summed E-state index contributed by atoms with van der Waals surface area (Å²) in [5.41, 5.74) is 5.58. The van der Waals surface area contributed by atoms with Crippen molar-refractivity contribution in [1.29, 1.82) is 0 Å². The maximum absolute atomic E-state index is 11.6. The van der Waals surface area contributed by atoms with Crippen LogP contribution >= 0.6 is 0 Å². The van der Waals surface area contributed by atoms with Gasteiger partial charge in [0.2, 0.25) is 11.8 Å². The van der Waals surface area contributed by atoms with Crippen LogP contribution in [-0.2, 0) is 4.79 Å². The van der Waals surface area contributed by atoms with Crippen molar-refractivity contribution in [2.45, 2.75) is 45.8 Å². The van der Waals surface area contributed by atoms with E-state index in [1.165, 1.54) is 0 Å². The molecule has 2 unspecified atom stereocenters. The van der Waals surface area contributed by atoms with Crippen LogP contribution in [0.15, 0.2) is 4.42 Å². The first-order valence-electron chi connectivity index (χ1n) is 5.56. The Morgan fingerprint density at radius 1 is 1.29 bits per heavy atom. The lowest BCUT2D eigenvalue weighted by atomic mass is 10.3. The third kappa shape index (κ3) is 4.03. The van der Waals surface area contributed by atoms with Gasteiger partial charge in [0.1, 0.15) is 6.04 Å². The minimum absolute atomic E-state index is 0.0917. The van der Waals surface area contributed by atoms with Gasteiger partial charge in [-0.15, -0.1) is 5.10 Å². The fourth-order valence-corrected chi connectivity index (χ4v) is 1.14. The van der Waals surface area contributed by atoms with Gasteiger partial charge < -0.3 is 20.8 Å². The van der Waals surface area contributed by atoms with Gasteiger partial charge >= 0.3 is 6.01 Å². The highest BCUT2D eigenvalue weighted by atomic mass is 16.4. The van der Waals surface area contributed by atoms with Crippen LogP contribution in [0, 0.1) is 0 Å². The number of nitrogens with zero attached hydrogens (tertiary/aromatic N) is 2. The number of carbonyl (C=O) groups excluding carboxylic acids is 1. The summed E-state index contributed by atoms with van der Waals surface area (Å²) in [5.74, 6) is 0.213. The Hall–Kier alpha value is -1.63. The second-order valence-corrected chi connectivity index (χ2v) is 4.26. The van der Waals surface area contributed by atoms with Crippen LogP contribution in [0.3, 0.4) is 0 Å². The van der Waals surface area contributed by atoms with Crippen LogP contribution in [0.5, 0.6) is 0 Å². The summed E-state index contributed by atoms with van der Waals surface area (Å²) in [6.45, 7) is 7.25. The SMILES string of the molecule is CC(C)NC(=O)C(C)Nc1nnc(C(C)N)o1. The van der Waals surface area contributed by atoms with E-state index in [4.69, 9.17) is 10.2 Å². The number of nitrogens with one attached hydrogen (secondary N) is 2. The smallest absolute Gasteiger partial charge is 0.316 e. The largest absolute Gasteiger partial charge is 0.406 e. The van der Waals surface area contributed by atoms with Crippen molar-refractivity contribution in [3.63, 3.8) is 0 Å². The number of aromatic nitrogens is 2. The normalized spacial score (nSPS) is 14.5. The predicted molar refractivity (Wildman–Crippen MR) is 63.3 cm³/mol. The van der Waals surface area contributed by atoms with E-state index < -0.39 is 6.04 Å². The molecule has 7 nitrogen and oxygen atoms in total. The van der Waals surface area contributed by atoms with Gasteiger partial charge in [0.05, 0.1) is 6.04 Å². The van der Waals surface area contributed by atoms with E-state index in [9.17, 15) is 4.79 Å². The van der Waals surface area contributed by atoms with E-state index >= 15 is 0 Å². The van der Waals surface area contributed by atoms with Gasteiger partial charge in [0.15, 0.2) is 0 Å². The summed E-state index contributed by atoms with van der Waals surface area (Å²) >= 11 is 0. The third-order valence-corrected chi connectivity index (χ3v) is 1.99. The highest BCUT2D eigenvalue weighted by Gasteiger charge is 2.17. The predicted octanol–water partition coefficient (Wildman–Crippen LogP) is 0.414. The lowest BCUT2D eigenvalue weighted by Crippen LogP contribution is -2.41.